The average Bonchev–Trinajstić information content (AvgIpc) is 3.50. The van der Waals surface area contributed by atoms with E-state index in [9.17, 15) is 0 Å². The number of nitrogens with zero attached hydrogens (tertiary/aromatic N) is 2. The van der Waals surface area contributed by atoms with Gasteiger partial charge in [-0.3, -0.25) is 4.98 Å². The normalized spacial score (nSPS) is 12.3. The number of anilines is 3. The highest BCUT2D eigenvalue weighted by molar-refractivity contribution is 6.28. The number of hydrogen-bond acceptors (Lipinski definition) is 2. The summed E-state index contributed by atoms with van der Waals surface area (Å²) in [4.78, 5) is 7.14. The fourth-order valence-electron chi connectivity index (χ4n) is 8.33. The van der Waals surface area contributed by atoms with Crippen molar-refractivity contribution >= 4 is 38.6 Å². The predicted octanol–water partition coefficient (Wildman–Crippen LogP) is 14.4. The van der Waals surface area contributed by atoms with Gasteiger partial charge in [0.2, 0.25) is 0 Å². The van der Waals surface area contributed by atoms with Crippen LogP contribution in [-0.4, -0.2) is 4.98 Å². The van der Waals surface area contributed by atoms with Gasteiger partial charge < -0.3 is 4.90 Å². The third kappa shape index (κ3) is 5.44. The number of pyridine rings is 1. The summed E-state index contributed by atoms with van der Waals surface area (Å²) in [6.45, 7) is 13.7. The van der Waals surface area contributed by atoms with Gasteiger partial charge in [-0.05, 0) is 114 Å². The Kier molecular flexibility index (Phi) is 7.64. The van der Waals surface area contributed by atoms with Gasteiger partial charge in [0.15, 0.2) is 0 Å². The second-order valence-electron chi connectivity index (χ2n) is 16.4. The molecule has 0 radical (unpaired) electrons. The van der Waals surface area contributed by atoms with Gasteiger partial charge >= 0.3 is 0 Å². The molecule has 0 fully saturated rings. The summed E-state index contributed by atoms with van der Waals surface area (Å²) >= 11 is 0. The van der Waals surface area contributed by atoms with Crippen LogP contribution in [0.5, 0.6) is 0 Å². The van der Waals surface area contributed by atoms with Crippen molar-refractivity contribution in [2.45, 2.75) is 52.4 Å². The summed E-state index contributed by atoms with van der Waals surface area (Å²) in [5, 5.41) is 4.91. The Morgan fingerprint density at radius 1 is 0.415 bits per heavy atom. The maximum atomic E-state index is 4.70. The van der Waals surface area contributed by atoms with Gasteiger partial charge in [0.25, 0.3) is 0 Å². The first-order valence-corrected chi connectivity index (χ1v) is 18.7. The van der Waals surface area contributed by atoms with Gasteiger partial charge in [-0.25, -0.2) is 0 Å². The first-order valence-electron chi connectivity index (χ1n) is 18.7. The number of rotatable bonds is 5. The minimum absolute atomic E-state index is 0.0669. The molecule has 8 aromatic rings. The van der Waals surface area contributed by atoms with Gasteiger partial charge in [-0.15, -0.1) is 0 Å². The van der Waals surface area contributed by atoms with Crippen LogP contribution < -0.4 is 4.90 Å². The maximum absolute atomic E-state index is 4.70. The molecule has 0 aliphatic heterocycles. The van der Waals surface area contributed by atoms with Gasteiger partial charge in [-0.1, -0.05) is 151 Å². The SMILES string of the molecule is CC(C)(C)c1ccc(N(c2ccc(C(C)(C)C)cc2)c2ccc3c4c(cccc24)-c2c-3c(-c3ccccc3)c3cnccc3c2-c2ccccc2)cc1. The zero-order chi connectivity index (χ0) is 36.5. The molecule has 0 unspecified atom stereocenters. The molecule has 0 bridgehead atoms. The van der Waals surface area contributed by atoms with Crippen LogP contribution in [0, 0.1) is 0 Å². The van der Waals surface area contributed by atoms with Crippen LogP contribution in [0.2, 0.25) is 0 Å². The molecule has 258 valence electrons. The van der Waals surface area contributed by atoms with Crippen LogP contribution >= 0.6 is 0 Å². The van der Waals surface area contributed by atoms with E-state index < -0.39 is 0 Å². The number of aromatic nitrogens is 1. The van der Waals surface area contributed by atoms with Crippen molar-refractivity contribution in [2.75, 3.05) is 4.90 Å². The molecule has 7 aromatic carbocycles. The zero-order valence-corrected chi connectivity index (χ0v) is 31.4. The summed E-state index contributed by atoms with van der Waals surface area (Å²) in [6.07, 6.45) is 3.99. The van der Waals surface area contributed by atoms with Gasteiger partial charge in [0.05, 0.1) is 5.69 Å². The molecule has 1 aliphatic carbocycles. The van der Waals surface area contributed by atoms with Crippen molar-refractivity contribution in [3.05, 3.63) is 169 Å². The van der Waals surface area contributed by atoms with Crippen LogP contribution in [0.1, 0.15) is 52.7 Å². The lowest BCUT2D eigenvalue weighted by molar-refractivity contribution is 0.590. The van der Waals surface area contributed by atoms with Crippen molar-refractivity contribution in [3.63, 3.8) is 0 Å². The molecular formula is C51H44N2. The van der Waals surface area contributed by atoms with Crippen molar-refractivity contribution in [1.82, 2.24) is 4.98 Å². The van der Waals surface area contributed by atoms with Crippen LogP contribution in [0.15, 0.2) is 158 Å². The molecule has 0 saturated heterocycles. The van der Waals surface area contributed by atoms with Crippen LogP contribution in [0.25, 0.3) is 66.1 Å². The fourth-order valence-corrected chi connectivity index (χ4v) is 8.33. The Bertz CT molecular complexity index is 2490. The van der Waals surface area contributed by atoms with Crippen molar-refractivity contribution in [2.24, 2.45) is 0 Å². The fraction of sp³-hybridized carbons (Fsp3) is 0.157. The molecule has 1 aromatic heterocycles. The minimum Gasteiger partial charge on any atom is -0.310 e. The van der Waals surface area contributed by atoms with E-state index in [4.69, 9.17) is 4.98 Å². The molecule has 0 N–H and O–H groups in total. The third-order valence-corrected chi connectivity index (χ3v) is 11.0. The Hall–Kier alpha value is -5.99. The highest BCUT2D eigenvalue weighted by Crippen LogP contribution is 2.59. The Balaban J connectivity index is 1.35. The molecule has 2 heteroatoms. The highest BCUT2D eigenvalue weighted by Gasteiger charge is 2.32. The smallest absolute Gasteiger partial charge is 0.0540 e. The van der Waals surface area contributed by atoms with Crippen molar-refractivity contribution in [3.8, 4) is 44.5 Å². The topological polar surface area (TPSA) is 16.1 Å². The second kappa shape index (κ2) is 12.3. The molecular weight excluding hydrogens is 641 g/mol. The standard InChI is InChI=1S/C51H44N2/c1-50(2,3)35-20-24-37(25-21-35)53(38-26-22-36(23-27-38)51(4,5)6)44-29-28-42-47-40(44)18-13-19-41(47)48-45(33-14-9-7-10-15-33)39-30-31-52-32-43(39)46(49(42)48)34-16-11-8-12-17-34/h7-32H,1-6H3. The Labute approximate surface area is 313 Å². The van der Waals surface area contributed by atoms with E-state index in [1.165, 1.54) is 82.9 Å². The summed E-state index contributed by atoms with van der Waals surface area (Å²) in [5.41, 5.74) is 16.3. The molecule has 1 heterocycles. The lowest BCUT2D eigenvalue weighted by atomic mass is 9.83. The monoisotopic (exact) mass is 684 g/mol. The van der Waals surface area contributed by atoms with E-state index in [-0.39, 0.29) is 10.8 Å². The van der Waals surface area contributed by atoms with E-state index in [0.29, 0.717) is 0 Å². The molecule has 9 rings (SSSR count). The Morgan fingerprint density at radius 2 is 0.925 bits per heavy atom. The molecule has 0 amide bonds. The van der Waals surface area contributed by atoms with Crippen LogP contribution in [0.4, 0.5) is 17.1 Å². The molecule has 0 saturated carbocycles. The molecule has 0 atom stereocenters. The van der Waals surface area contributed by atoms with Gasteiger partial charge in [0.1, 0.15) is 0 Å². The zero-order valence-electron chi connectivity index (χ0n) is 31.4. The number of benzene rings is 7. The van der Waals surface area contributed by atoms with Crippen LogP contribution in [-0.2, 0) is 10.8 Å². The van der Waals surface area contributed by atoms with Crippen LogP contribution in [0.3, 0.4) is 0 Å². The lowest BCUT2D eigenvalue weighted by Gasteiger charge is -2.29. The quantitative estimate of drug-likeness (QED) is 0.179. The van der Waals surface area contributed by atoms with Gasteiger partial charge in [0, 0.05) is 34.5 Å². The number of hydrogen-bond donors (Lipinski definition) is 0. The van der Waals surface area contributed by atoms with E-state index in [1.54, 1.807) is 0 Å². The highest BCUT2D eigenvalue weighted by atomic mass is 15.1. The number of fused-ring (bicyclic) bond motifs is 4. The summed E-state index contributed by atoms with van der Waals surface area (Å²) in [6, 6.07) is 53.9. The summed E-state index contributed by atoms with van der Waals surface area (Å²) in [7, 11) is 0. The molecule has 2 nitrogen and oxygen atoms in total. The van der Waals surface area contributed by atoms with Crippen molar-refractivity contribution in [1.29, 1.82) is 0 Å². The largest absolute Gasteiger partial charge is 0.310 e. The summed E-state index contributed by atoms with van der Waals surface area (Å²) < 4.78 is 0. The summed E-state index contributed by atoms with van der Waals surface area (Å²) in [5.74, 6) is 0. The first-order chi connectivity index (χ1) is 25.6. The van der Waals surface area contributed by atoms with Gasteiger partial charge in [-0.2, -0.15) is 0 Å². The van der Waals surface area contributed by atoms with E-state index in [1.807, 2.05) is 6.20 Å². The van der Waals surface area contributed by atoms with Crippen molar-refractivity contribution < 1.29 is 0 Å². The Morgan fingerprint density at radius 3 is 1.45 bits per heavy atom. The van der Waals surface area contributed by atoms with E-state index in [2.05, 4.69) is 198 Å². The maximum Gasteiger partial charge on any atom is 0.0540 e. The first kappa shape index (κ1) is 32.9. The average molecular weight is 685 g/mol. The lowest BCUT2D eigenvalue weighted by Crippen LogP contribution is -2.14. The second-order valence-corrected chi connectivity index (χ2v) is 16.4. The molecule has 0 spiro atoms. The molecule has 1 aliphatic rings. The third-order valence-electron chi connectivity index (χ3n) is 11.0. The predicted molar refractivity (Wildman–Crippen MR) is 227 cm³/mol. The van der Waals surface area contributed by atoms with E-state index >= 15 is 0 Å². The minimum atomic E-state index is 0.0669. The van der Waals surface area contributed by atoms with E-state index in [0.717, 1.165) is 11.4 Å². The molecule has 53 heavy (non-hydrogen) atoms.